The Morgan fingerprint density at radius 2 is 1.89 bits per heavy atom. The largest absolute Gasteiger partial charge is 0.480 e. The van der Waals surface area contributed by atoms with Crippen LogP contribution in [0.15, 0.2) is 59.6 Å². The number of anilines is 1. The van der Waals surface area contributed by atoms with Crippen LogP contribution in [0.5, 0.6) is 5.75 Å². The summed E-state index contributed by atoms with van der Waals surface area (Å²) in [5, 5.41) is 5.98. The second-order valence-corrected chi connectivity index (χ2v) is 10.3. The number of rotatable bonds is 6. The molecule has 36 heavy (non-hydrogen) atoms. The third-order valence-electron chi connectivity index (χ3n) is 6.41. The first-order valence-electron chi connectivity index (χ1n) is 12.2. The molecule has 1 N–H and O–H groups in total. The van der Waals surface area contributed by atoms with Gasteiger partial charge in [-0.05, 0) is 85.2 Å². The number of amides is 1. The van der Waals surface area contributed by atoms with Gasteiger partial charge >= 0.3 is 0 Å². The minimum atomic E-state index is -0.103. The number of ether oxygens (including phenoxy) is 1. The van der Waals surface area contributed by atoms with Crippen molar-refractivity contribution in [2.75, 3.05) is 11.9 Å². The maximum atomic E-state index is 13.6. The standard InChI is InChI=1S/C31H28N2O2S/c1-4-15-35-27-14-13-22-9-5-6-10-24(22)26(27)19-32-31-29(25-11-7-8-12-28(25)36-31)30(34)33-23-17-20(2)16-21(3)18-23/h1,5-6,9-10,13-14,16-19H,7-8,11-12,15H2,2-3H3,(H,33,34). The predicted octanol–water partition coefficient (Wildman–Crippen LogP) is 7.41. The van der Waals surface area contributed by atoms with Crippen LogP contribution in [0.25, 0.3) is 10.8 Å². The Bertz CT molecular complexity index is 1500. The summed E-state index contributed by atoms with van der Waals surface area (Å²) in [5.74, 6) is 3.11. The first kappa shape index (κ1) is 23.8. The molecule has 0 radical (unpaired) electrons. The summed E-state index contributed by atoms with van der Waals surface area (Å²) < 4.78 is 5.84. The molecule has 3 aromatic carbocycles. The average Bonchev–Trinajstić information content (AvgIpc) is 3.24. The van der Waals surface area contributed by atoms with E-state index in [0.29, 0.717) is 11.3 Å². The number of carbonyl (C=O) groups excluding carboxylic acids is 1. The van der Waals surface area contributed by atoms with Gasteiger partial charge in [0.05, 0.1) is 5.56 Å². The van der Waals surface area contributed by atoms with Crippen LogP contribution in [-0.4, -0.2) is 18.7 Å². The number of hydrogen-bond donors (Lipinski definition) is 1. The van der Waals surface area contributed by atoms with E-state index >= 15 is 0 Å². The molecule has 180 valence electrons. The lowest BCUT2D eigenvalue weighted by Gasteiger charge is -2.13. The van der Waals surface area contributed by atoms with Gasteiger partial charge in [-0.1, -0.05) is 42.3 Å². The lowest BCUT2D eigenvalue weighted by atomic mass is 9.95. The molecule has 0 atom stereocenters. The van der Waals surface area contributed by atoms with Gasteiger partial charge in [-0.15, -0.1) is 17.8 Å². The molecule has 1 aliphatic rings. The Morgan fingerprint density at radius 3 is 2.69 bits per heavy atom. The zero-order valence-electron chi connectivity index (χ0n) is 20.6. The van der Waals surface area contributed by atoms with Gasteiger partial charge in [0.2, 0.25) is 0 Å². The fourth-order valence-corrected chi connectivity index (χ4v) is 6.12. The van der Waals surface area contributed by atoms with Crippen molar-refractivity contribution in [3.8, 4) is 18.1 Å². The van der Waals surface area contributed by atoms with Gasteiger partial charge in [0.1, 0.15) is 17.4 Å². The molecule has 0 fully saturated rings. The molecule has 0 saturated heterocycles. The highest BCUT2D eigenvalue weighted by Gasteiger charge is 2.25. The zero-order chi connectivity index (χ0) is 25.1. The summed E-state index contributed by atoms with van der Waals surface area (Å²) in [4.78, 5) is 19.8. The second kappa shape index (κ2) is 10.4. The van der Waals surface area contributed by atoms with E-state index in [4.69, 9.17) is 16.2 Å². The normalized spacial score (nSPS) is 12.9. The van der Waals surface area contributed by atoms with E-state index in [2.05, 4.69) is 23.4 Å². The SMILES string of the molecule is C#CCOc1ccc2ccccc2c1C=Nc1sc2c(c1C(=O)Nc1cc(C)cc(C)c1)CCCC2. The monoisotopic (exact) mass is 492 g/mol. The van der Waals surface area contributed by atoms with E-state index in [0.717, 1.165) is 69.4 Å². The number of nitrogens with zero attached hydrogens (tertiary/aromatic N) is 1. The van der Waals surface area contributed by atoms with Gasteiger partial charge in [0.15, 0.2) is 0 Å². The summed E-state index contributed by atoms with van der Waals surface area (Å²) in [7, 11) is 0. The van der Waals surface area contributed by atoms with Crippen LogP contribution >= 0.6 is 11.3 Å². The van der Waals surface area contributed by atoms with Crippen molar-refractivity contribution in [3.05, 3.63) is 87.3 Å². The molecule has 0 bridgehead atoms. The van der Waals surface area contributed by atoms with Crippen LogP contribution in [0.1, 0.15) is 50.3 Å². The molecule has 5 rings (SSSR count). The number of aryl methyl sites for hydroxylation is 3. The zero-order valence-corrected chi connectivity index (χ0v) is 21.4. The van der Waals surface area contributed by atoms with Gasteiger partial charge in [-0.25, -0.2) is 4.99 Å². The molecule has 0 aliphatic heterocycles. The molecular weight excluding hydrogens is 464 g/mol. The van der Waals surface area contributed by atoms with Crippen molar-refractivity contribution in [1.29, 1.82) is 0 Å². The average molecular weight is 493 g/mol. The summed E-state index contributed by atoms with van der Waals surface area (Å²) in [6.45, 7) is 4.25. The maximum absolute atomic E-state index is 13.6. The van der Waals surface area contributed by atoms with Crippen LogP contribution in [0.2, 0.25) is 0 Å². The van der Waals surface area contributed by atoms with Gasteiger partial charge < -0.3 is 10.1 Å². The van der Waals surface area contributed by atoms with Crippen LogP contribution in [0.4, 0.5) is 10.7 Å². The van der Waals surface area contributed by atoms with Gasteiger partial charge in [0, 0.05) is 22.3 Å². The Kier molecular flexibility index (Phi) is 6.88. The minimum Gasteiger partial charge on any atom is -0.480 e. The van der Waals surface area contributed by atoms with Gasteiger partial charge in [-0.3, -0.25) is 4.79 Å². The van der Waals surface area contributed by atoms with Crippen LogP contribution in [0, 0.1) is 26.2 Å². The van der Waals surface area contributed by atoms with E-state index in [9.17, 15) is 4.79 Å². The first-order chi connectivity index (χ1) is 17.5. The van der Waals surface area contributed by atoms with Crippen molar-refractivity contribution in [2.24, 2.45) is 4.99 Å². The summed E-state index contributed by atoms with van der Waals surface area (Å²) >= 11 is 1.62. The molecule has 1 amide bonds. The number of terminal acetylenes is 1. The van der Waals surface area contributed by atoms with E-state index in [1.54, 1.807) is 11.3 Å². The third-order valence-corrected chi connectivity index (χ3v) is 7.61. The van der Waals surface area contributed by atoms with Crippen LogP contribution < -0.4 is 10.1 Å². The topological polar surface area (TPSA) is 50.7 Å². The van der Waals surface area contributed by atoms with E-state index in [-0.39, 0.29) is 12.5 Å². The molecule has 5 heteroatoms. The highest BCUT2D eigenvalue weighted by atomic mass is 32.1. The summed E-state index contributed by atoms with van der Waals surface area (Å²) in [6, 6.07) is 18.2. The number of nitrogens with one attached hydrogen (secondary N) is 1. The molecule has 1 heterocycles. The number of carbonyl (C=O) groups is 1. The minimum absolute atomic E-state index is 0.103. The maximum Gasteiger partial charge on any atom is 0.259 e. The molecule has 0 saturated carbocycles. The van der Waals surface area contributed by atoms with Crippen molar-refractivity contribution in [1.82, 2.24) is 0 Å². The van der Waals surface area contributed by atoms with E-state index < -0.39 is 0 Å². The Labute approximate surface area is 216 Å². The lowest BCUT2D eigenvalue weighted by molar-refractivity contribution is 0.102. The van der Waals surface area contributed by atoms with Crippen molar-refractivity contribution >= 4 is 44.9 Å². The predicted molar refractivity (Wildman–Crippen MR) is 150 cm³/mol. The van der Waals surface area contributed by atoms with Crippen LogP contribution in [-0.2, 0) is 12.8 Å². The Balaban J connectivity index is 1.57. The highest BCUT2D eigenvalue weighted by Crippen LogP contribution is 2.40. The summed E-state index contributed by atoms with van der Waals surface area (Å²) in [5.41, 5.74) is 5.73. The molecule has 0 spiro atoms. The number of aliphatic imine (C=N–C) groups is 1. The molecule has 1 aromatic heterocycles. The smallest absolute Gasteiger partial charge is 0.259 e. The molecule has 0 unspecified atom stereocenters. The molecular formula is C31H28N2O2S. The number of benzene rings is 3. The fraction of sp³-hybridized carbons (Fsp3) is 0.226. The van der Waals surface area contributed by atoms with Crippen molar-refractivity contribution < 1.29 is 9.53 Å². The van der Waals surface area contributed by atoms with Gasteiger partial charge in [0.25, 0.3) is 5.91 Å². The highest BCUT2D eigenvalue weighted by molar-refractivity contribution is 7.16. The van der Waals surface area contributed by atoms with Crippen molar-refractivity contribution in [3.63, 3.8) is 0 Å². The van der Waals surface area contributed by atoms with Crippen LogP contribution in [0.3, 0.4) is 0 Å². The Hall–Kier alpha value is -3.88. The van der Waals surface area contributed by atoms with Crippen molar-refractivity contribution in [2.45, 2.75) is 39.5 Å². The molecule has 1 aliphatic carbocycles. The lowest BCUT2D eigenvalue weighted by Crippen LogP contribution is -2.15. The van der Waals surface area contributed by atoms with E-state index in [1.165, 1.54) is 4.88 Å². The second-order valence-electron chi connectivity index (χ2n) is 9.17. The molecule has 4 aromatic rings. The molecule has 4 nitrogen and oxygen atoms in total. The number of thiophene rings is 1. The quantitative estimate of drug-likeness (QED) is 0.225. The fourth-order valence-electron chi connectivity index (χ4n) is 4.89. The van der Waals surface area contributed by atoms with Gasteiger partial charge in [-0.2, -0.15) is 0 Å². The van der Waals surface area contributed by atoms with E-state index in [1.807, 2.05) is 62.5 Å². The Morgan fingerprint density at radius 1 is 1.11 bits per heavy atom. The number of hydrogen-bond acceptors (Lipinski definition) is 4. The third kappa shape index (κ3) is 4.91. The number of fused-ring (bicyclic) bond motifs is 2. The first-order valence-corrected chi connectivity index (χ1v) is 13.0. The summed E-state index contributed by atoms with van der Waals surface area (Å²) in [6.07, 6.45) is 11.4.